The van der Waals surface area contributed by atoms with Crippen LogP contribution in [0.1, 0.15) is 37.7 Å². The average molecular weight is 317 g/mol. The molecule has 3 amide bonds. The van der Waals surface area contributed by atoms with Crippen molar-refractivity contribution >= 4 is 18.2 Å². The van der Waals surface area contributed by atoms with Crippen LogP contribution >= 0.6 is 0 Å². The summed E-state index contributed by atoms with van der Waals surface area (Å²) < 4.78 is 5.08. The topological polar surface area (TPSA) is 91.2 Å². The number of carbonyl (C=O) groups excluding carboxylic acids is 2. The van der Waals surface area contributed by atoms with Crippen molar-refractivity contribution in [2.24, 2.45) is 5.10 Å². The van der Waals surface area contributed by atoms with Crippen LogP contribution in [-0.2, 0) is 4.79 Å². The van der Waals surface area contributed by atoms with Crippen LogP contribution in [-0.4, -0.2) is 40.9 Å². The summed E-state index contributed by atoms with van der Waals surface area (Å²) in [6.07, 6.45) is 5.49. The molecule has 0 radical (unpaired) electrons. The predicted molar refractivity (Wildman–Crippen MR) is 83.4 cm³/mol. The van der Waals surface area contributed by atoms with Crippen LogP contribution in [0.5, 0.6) is 11.5 Å². The van der Waals surface area contributed by atoms with E-state index in [1.807, 2.05) is 0 Å². The van der Waals surface area contributed by atoms with Crippen LogP contribution in [0.15, 0.2) is 23.3 Å². The molecule has 122 valence electrons. The minimum Gasteiger partial charge on any atom is -0.507 e. The SMILES string of the molecule is COc1ccc(O)c(/C=N/N2C(=O)NC3(CCCCC3)C2=O)c1. The Labute approximate surface area is 133 Å². The highest BCUT2D eigenvalue weighted by Gasteiger charge is 2.51. The third-order valence-electron chi connectivity index (χ3n) is 4.39. The van der Waals surface area contributed by atoms with Gasteiger partial charge in [0.15, 0.2) is 0 Å². The summed E-state index contributed by atoms with van der Waals surface area (Å²) in [6, 6.07) is 4.13. The highest BCUT2D eigenvalue weighted by atomic mass is 16.5. The van der Waals surface area contributed by atoms with Crippen molar-refractivity contribution in [3.8, 4) is 11.5 Å². The summed E-state index contributed by atoms with van der Waals surface area (Å²) in [5, 5.41) is 17.4. The fourth-order valence-corrected chi connectivity index (χ4v) is 3.09. The number of aromatic hydroxyl groups is 1. The number of benzene rings is 1. The van der Waals surface area contributed by atoms with Gasteiger partial charge in [0, 0.05) is 5.56 Å². The fourth-order valence-electron chi connectivity index (χ4n) is 3.09. The van der Waals surface area contributed by atoms with Crippen molar-refractivity contribution in [3.63, 3.8) is 0 Å². The number of ether oxygens (including phenoxy) is 1. The third-order valence-corrected chi connectivity index (χ3v) is 4.39. The molecule has 1 heterocycles. The molecule has 7 nitrogen and oxygen atoms in total. The Morgan fingerprint density at radius 2 is 2.04 bits per heavy atom. The second-order valence-electron chi connectivity index (χ2n) is 5.86. The van der Waals surface area contributed by atoms with E-state index in [9.17, 15) is 14.7 Å². The minimum absolute atomic E-state index is 0.00557. The molecule has 1 aliphatic carbocycles. The lowest BCUT2D eigenvalue weighted by atomic mass is 9.82. The molecule has 0 bridgehead atoms. The van der Waals surface area contributed by atoms with E-state index in [0.29, 0.717) is 24.2 Å². The Kier molecular flexibility index (Phi) is 3.94. The van der Waals surface area contributed by atoms with Gasteiger partial charge in [0.25, 0.3) is 5.91 Å². The Morgan fingerprint density at radius 1 is 1.30 bits per heavy atom. The molecule has 1 saturated carbocycles. The molecule has 2 N–H and O–H groups in total. The summed E-state index contributed by atoms with van der Waals surface area (Å²) in [7, 11) is 1.51. The predicted octanol–water partition coefficient (Wildman–Crippen LogP) is 1.99. The Morgan fingerprint density at radius 3 is 2.74 bits per heavy atom. The van der Waals surface area contributed by atoms with Gasteiger partial charge in [-0.25, -0.2) is 4.79 Å². The number of rotatable bonds is 3. The van der Waals surface area contributed by atoms with Crippen LogP contribution < -0.4 is 10.1 Å². The normalized spacial score (nSPS) is 20.3. The number of hydrazone groups is 1. The molecular formula is C16H19N3O4. The van der Waals surface area contributed by atoms with E-state index in [0.717, 1.165) is 24.3 Å². The number of nitrogens with zero attached hydrogens (tertiary/aromatic N) is 2. The highest BCUT2D eigenvalue weighted by molar-refractivity contribution is 6.07. The maximum absolute atomic E-state index is 12.6. The average Bonchev–Trinajstić information content (AvgIpc) is 2.78. The zero-order valence-electron chi connectivity index (χ0n) is 12.9. The van der Waals surface area contributed by atoms with Crippen LogP contribution in [0.3, 0.4) is 0 Å². The molecule has 0 unspecified atom stereocenters. The van der Waals surface area contributed by atoms with Crippen molar-refractivity contribution in [1.82, 2.24) is 10.3 Å². The molecule has 1 aliphatic heterocycles. The van der Waals surface area contributed by atoms with Gasteiger partial charge < -0.3 is 15.2 Å². The number of imide groups is 1. The molecule has 2 aliphatic rings. The van der Waals surface area contributed by atoms with E-state index in [1.54, 1.807) is 12.1 Å². The molecular weight excluding hydrogens is 298 g/mol. The Bertz CT molecular complexity index is 665. The summed E-state index contributed by atoms with van der Waals surface area (Å²) >= 11 is 0. The standard InChI is InChI=1S/C16H19N3O4/c1-23-12-5-6-13(20)11(9-12)10-17-19-14(21)16(18-15(19)22)7-3-2-4-8-16/h5-6,9-10,20H,2-4,7-8H2,1H3,(H,18,22)/b17-10+. The third kappa shape index (κ3) is 2.74. The lowest BCUT2D eigenvalue weighted by molar-refractivity contribution is -0.132. The molecule has 23 heavy (non-hydrogen) atoms. The maximum atomic E-state index is 12.6. The summed E-state index contributed by atoms with van der Waals surface area (Å²) in [5.74, 6) is 0.222. The second-order valence-corrected chi connectivity index (χ2v) is 5.86. The summed E-state index contributed by atoms with van der Waals surface area (Å²) in [4.78, 5) is 24.6. The quantitative estimate of drug-likeness (QED) is 0.659. The van der Waals surface area contributed by atoms with E-state index in [1.165, 1.54) is 19.4 Å². The molecule has 1 aromatic carbocycles. The highest BCUT2D eigenvalue weighted by Crippen LogP contribution is 2.33. The smallest absolute Gasteiger partial charge is 0.346 e. The Hall–Kier alpha value is -2.57. The minimum atomic E-state index is -0.802. The molecule has 1 spiro atoms. The first-order valence-corrected chi connectivity index (χ1v) is 7.63. The molecule has 2 fully saturated rings. The zero-order chi connectivity index (χ0) is 16.4. The molecule has 7 heteroatoms. The summed E-state index contributed by atoms with van der Waals surface area (Å²) in [5.41, 5.74) is -0.433. The van der Waals surface area contributed by atoms with Crippen LogP contribution in [0.2, 0.25) is 0 Å². The van der Waals surface area contributed by atoms with Gasteiger partial charge in [-0.2, -0.15) is 5.10 Å². The van der Waals surface area contributed by atoms with Gasteiger partial charge in [-0.3, -0.25) is 4.79 Å². The number of hydrogen-bond donors (Lipinski definition) is 2. The first-order chi connectivity index (χ1) is 11.1. The van der Waals surface area contributed by atoms with Gasteiger partial charge in [0.1, 0.15) is 17.0 Å². The van der Waals surface area contributed by atoms with Gasteiger partial charge in [-0.05, 0) is 31.0 Å². The van der Waals surface area contributed by atoms with E-state index in [2.05, 4.69) is 10.4 Å². The number of methoxy groups -OCH3 is 1. The van der Waals surface area contributed by atoms with Crippen molar-refractivity contribution in [1.29, 1.82) is 0 Å². The second kappa shape index (κ2) is 5.91. The van der Waals surface area contributed by atoms with Gasteiger partial charge in [-0.15, -0.1) is 5.01 Å². The van der Waals surface area contributed by atoms with Gasteiger partial charge in [-0.1, -0.05) is 19.3 Å². The lowest BCUT2D eigenvalue weighted by Crippen LogP contribution is -2.48. The van der Waals surface area contributed by atoms with Crippen LogP contribution in [0, 0.1) is 0 Å². The number of amides is 3. The molecule has 0 aromatic heterocycles. The van der Waals surface area contributed by atoms with E-state index < -0.39 is 11.6 Å². The number of nitrogens with one attached hydrogen (secondary N) is 1. The first-order valence-electron chi connectivity index (χ1n) is 7.63. The Balaban J connectivity index is 1.82. The van der Waals surface area contributed by atoms with E-state index in [-0.39, 0.29) is 11.7 Å². The van der Waals surface area contributed by atoms with Gasteiger partial charge in [0.2, 0.25) is 0 Å². The number of carbonyl (C=O) groups is 2. The number of phenols is 1. The van der Waals surface area contributed by atoms with E-state index >= 15 is 0 Å². The van der Waals surface area contributed by atoms with Crippen LogP contribution in [0.25, 0.3) is 0 Å². The summed E-state index contributed by atoms with van der Waals surface area (Å²) in [6.45, 7) is 0. The van der Waals surface area contributed by atoms with Gasteiger partial charge in [0.05, 0.1) is 13.3 Å². The first kappa shape index (κ1) is 15.3. The van der Waals surface area contributed by atoms with Crippen molar-refractivity contribution < 1.29 is 19.4 Å². The van der Waals surface area contributed by atoms with E-state index in [4.69, 9.17) is 4.74 Å². The molecule has 1 saturated heterocycles. The number of urea groups is 1. The van der Waals surface area contributed by atoms with Crippen molar-refractivity contribution in [3.05, 3.63) is 23.8 Å². The van der Waals surface area contributed by atoms with Gasteiger partial charge >= 0.3 is 6.03 Å². The van der Waals surface area contributed by atoms with Crippen molar-refractivity contribution in [2.45, 2.75) is 37.6 Å². The molecule has 1 aromatic rings. The number of phenolic OH excluding ortho intramolecular Hbond substituents is 1. The van der Waals surface area contributed by atoms with Crippen LogP contribution in [0.4, 0.5) is 4.79 Å². The maximum Gasteiger partial charge on any atom is 0.346 e. The molecule has 0 atom stereocenters. The monoisotopic (exact) mass is 317 g/mol. The largest absolute Gasteiger partial charge is 0.507 e. The molecule has 3 rings (SSSR count). The van der Waals surface area contributed by atoms with Crippen molar-refractivity contribution in [2.75, 3.05) is 7.11 Å². The number of hydrogen-bond acceptors (Lipinski definition) is 5. The lowest BCUT2D eigenvalue weighted by Gasteiger charge is -2.29. The fraction of sp³-hybridized carbons (Fsp3) is 0.438. The zero-order valence-corrected chi connectivity index (χ0v) is 12.9.